The zero-order valence-electron chi connectivity index (χ0n) is 20.7. The van der Waals surface area contributed by atoms with Gasteiger partial charge >= 0.3 is 63.4 Å². The minimum atomic E-state index is -2.53. The topological polar surface area (TPSA) is 60.0 Å². The van der Waals surface area contributed by atoms with Crippen molar-refractivity contribution in [1.82, 2.24) is 0 Å². The van der Waals surface area contributed by atoms with Crippen molar-refractivity contribution in [2.45, 2.75) is 98.7 Å². The maximum absolute atomic E-state index is 11.4. The first-order chi connectivity index (χ1) is 10.4. The summed E-state index contributed by atoms with van der Waals surface area (Å²) in [6.45, 7) is 22.5. The van der Waals surface area contributed by atoms with Crippen LogP contribution in [-0.2, 0) is 16.5 Å². The molecule has 5 nitrogen and oxygen atoms in total. The first-order valence-corrected chi connectivity index (χ1v) is 23.3. The van der Waals surface area contributed by atoms with Gasteiger partial charge in [0, 0.05) is 0 Å². The third-order valence-electron chi connectivity index (χ3n) is 3.13. The summed E-state index contributed by atoms with van der Waals surface area (Å²) in [6, 6.07) is 1.13. The van der Waals surface area contributed by atoms with E-state index in [0.717, 1.165) is 6.04 Å². The molecule has 0 aromatic rings. The predicted molar refractivity (Wildman–Crippen MR) is 125 cm³/mol. The Morgan fingerprint density at radius 3 is 1.29 bits per heavy atom. The molecular weight excluding hydrogens is 426 g/mol. The summed E-state index contributed by atoms with van der Waals surface area (Å²) in [5.41, 5.74) is 0. The van der Waals surface area contributed by atoms with Gasteiger partial charge in [-0.2, -0.15) is 0 Å². The molecular formula is C16H46Li2O5Si5. The van der Waals surface area contributed by atoms with Crippen LogP contribution in [0.15, 0.2) is 0 Å². The summed E-state index contributed by atoms with van der Waals surface area (Å²) in [7, 11) is -9.73. The molecule has 12 heteroatoms. The van der Waals surface area contributed by atoms with Crippen molar-refractivity contribution >= 4 is 42.6 Å². The Kier molecular flexibility index (Phi) is 21.7. The number of rotatable bonds is 5. The fraction of sp³-hybridized carbons (Fsp3) is 0.938. The monoisotopic (exact) mass is 472 g/mol. The molecule has 0 bridgehead atoms. The molecule has 1 saturated heterocycles. The molecule has 1 aliphatic rings. The Morgan fingerprint density at radius 1 is 0.786 bits per heavy atom. The van der Waals surface area contributed by atoms with Gasteiger partial charge in [0.15, 0.2) is 8.32 Å². The normalized spacial score (nSPS) is 19.3. The van der Waals surface area contributed by atoms with Crippen LogP contribution < -0.4 is 42.5 Å². The Bertz CT molecular complexity index is 360. The smallest absolute Gasteiger partial charge is 0.839 e. The predicted octanol–water partition coefficient (Wildman–Crippen LogP) is -0.680. The van der Waals surface area contributed by atoms with Gasteiger partial charge in [0.05, 0.1) is 8.56 Å². The molecule has 28 heavy (non-hydrogen) atoms. The zero-order chi connectivity index (χ0) is 19.4. The Morgan fingerprint density at radius 2 is 1.07 bits per heavy atom. The van der Waals surface area contributed by atoms with Crippen LogP contribution in [0.1, 0.15) is 27.2 Å². The van der Waals surface area contributed by atoms with E-state index < -0.39 is 42.6 Å². The van der Waals surface area contributed by atoms with Crippen LogP contribution in [0.5, 0.6) is 0 Å². The van der Waals surface area contributed by atoms with E-state index >= 15 is 0 Å². The Labute approximate surface area is 206 Å². The quantitative estimate of drug-likeness (QED) is 0.392. The van der Waals surface area contributed by atoms with Crippen molar-refractivity contribution in [2.24, 2.45) is 0 Å². The summed E-state index contributed by atoms with van der Waals surface area (Å²) in [6.07, 6.45) is 2.39. The van der Waals surface area contributed by atoms with Gasteiger partial charge in [0.1, 0.15) is 0 Å². The van der Waals surface area contributed by atoms with E-state index in [0.29, 0.717) is 0 Å². The summed E-state index contributed by atoms with van der Waals surface area (Å²) in [5, 5.41) is 0. The Hall–Kier alpha value is 2.08. The molecule has 0 unspecified atom stereocenters. The van der Waals surface area contributed by atoms with E-state index in [2.05, 4.69) is 59.3 Å². The van der Waals surface area contributed by atoms with Crippen molar-refractivity contribution in [3.05, 3.63) is 7.43 Å². The second-order valence-corrected chi connectivity index (χ2v) is 27.4. The SMILES string of the molecule is C.CCCC[Si](C)(C)O[Si](C)(C)[O-].C[Si]1(C)O[Si](C)(C)O[Si](C)(C)O1.[CH3-].[Li+].[Li+]. The van der Waals surface area contributed by atoms with Crippen molar-refractivity contribution < 1.29 is 59.0 Å². The van der Waals surface area contributed by atoms with Gasteiger partial charge in [-0.25, -0.2) is 0 Å². The Balaban J connectivity index is -0.000000110. The summed E-state index contributed by atoms with van der Waals surface area (Å²) in [5.74, 6) is 0. The van der Waals surface area contributed by atoms with Gasteiger partial charge in [-0.1, -0.05) is 40.3 Å². The zero-order valence-corrected chi connectivity index (χ0v) is 25.7. The summed E-state index contributed by atoms with van der Waals surface area (Å²) >= 11 is 0. The van der Waals surface area contributed by atoms with Gasteiger partial charge in [0.25, 0.3) is 0 Å². The van der Waals surface area contributed by atoms with Crippen molar-refractivity contribution in [3.8, 4) is 0 Å². The molecule has 0 N–H and O–H groups in total. The summed E-state index contributed by atoms with van der Waals surface area (Å²) in [4.78, 5) is 11.4. The average molecular weight is 473 g/mol. The van der Waals surface area contributed by atoms with Crippen LogP contribution in [0.4, 0.5) is 0 Å². The van der Waals surface area contributed by atoms with Crippen LogP contribution in [0.3, 0.4) is 0 Å². The van der Waals surface area contributed by atoms with Gasteiger partial charge in [-0.15, -0.1) is 0 Å². The number of hydrogen-bond acceptors (Lipinski definition) is 5. The molecule has 0 aromatic carbocycles. The maximum Gasteiger partial charge on any atom is 1.00 e. The van der Waals surface area contributed by atoms with Gasteiger partial charge < -0.3 is 28.7 Å². The molecule has 1 rings (SSSR count). The number of unbranched alkanes of at least 4 members (excludes halogenated alkanes) is 1. The maximum atomic E-state index is 11.4. The minimum absolute atomic E-state index is 0. The van der Waals surface area contributed by atoms with Crippen molar-refractivity contribution in [2.75, 3.05) is 0 Å². The molecule has 0 amide bonds. The molecule has 0 atom stereocenters. The van der Waals surface area contributed by atoms with Gasteiger partial charge in [-0.05, 0) is 58.4 Å². The van der Waals surface area contributed by atoms with E-state index in [1.807, 2.05) is 0 Å². The van der Waals surface area contributed by atoms with Crippen LogP contribution in [0, 0.1) is 7.43 Å². The van der Waals surface area contributed by atoms with Crippen LogP contribution in [0.25, 0.3) is 0 Å². The molecule has 0 spiro atoms. The first kappa shape index (κ1) is 40.4. The number of hydrogen-bond donors (Lipinski definition) is 0. The van der Waals surface area contributed by atoms with Gasteiger partial charge in [-0.3, -0.25) is 0 Å². The van der Waals surface area contributed by atoms with Crippen molar-refractivity contribution in [1.29, 1.82) is 0 Å². The first-order valence-electron chi connectivity index (χ1n) is 8.90. The second-order valence-electron chi connectivity index (χ2n) is 8.87. The van der Waals surface area contributed by atoms with Gasteiger partial charge in [0.2, 0.25) is 0 Å². The molecule has 0 aliphatic carbocycles. The van der Waals surface area contributed by atoms with E-state index in [9.17, 15) is 4.80 Å². The van der Waals surface area contributed by atoms with Crippen LogP contribution in [0.2, 0.25) is 71.5 Å². The third-order valence-corrected chi connectivity index (χ3v) is 20.7. The summed E-state index contributed by atoms with van der Waals surface area (Å²) < 4.78 is 23.2. The molecule has 1 fully saturated rings. The van der Waals surface area contributed by atoms with E-state index in [4.69, 9.17) is 16.5 Å². The van der Waals surface area contributed by atoms with E-state index in [1.165, 1.54) is 12.8 Å². The molecule has 1 heterocycles. The standard InChI is InChI=1S/C8H21O2Si2.C6H18O3Si3.CH4.CH3.2Li/c1-6-7-8-11(2,3)10-12(4,5)9;1-10(2)7-11(3,4)9-12(5,6)8-10;;;;/h6-8H2,1-5H3;1-6H3;1H4;1H3;;/q-1;;;-1;2*+1. The van der Waals surface area contributed by atoms with E-state index in [1.54, 1.807) is 13.1 Å². The van der Waals surface area contributed by atoms with Crippen LogP contribution in [-0.4, -0.2) is 42.6 Å². The average Bonchev–Trinajstić information content (AvgIpc) is 2.16. The molecule has 162 valence electrons. The minimum Gasteiger partial charge on any atom is -0.839 e. The largest absolute Gasteiger partial charge is 1.00 e. The fourth-order valence-corrected chi connectivity index (χ4v) is 25.9. The molecule has 0 radical (unpaired) electrons. The molecule has 0 saturated carbocycles. The van der Waals surface area contributed by atoms with E-state index in [-0.39, 0.29) is 52.6 Å². The molecule has 1 aliphatic heterocycles. The van der Waals surface area contributed by atoms with Crippen molar-refractivity contribution in [3.63, 3.8) is 0 Å². The third kappa shape index (κ3) is 21.3. The molecule has 0 aromatic heterocycles. The fourth-order valence-electron chi connectivity index (χ4n) is 3.16. The second kappa shape index (κ2) is 15.0. The van der Waals surface area contributed by atoms with Crippen LogP contribution >= 0.6 is 0 Å².